The van der Waals surface area contributed by atoms with E-state index in [4.69, 9.17) is 4.52 Å². The minimum atomic E-state index is -0.641. The lowest BCUT2D eigenvalue weighted by atomic mass is 10.0. The maximum absolute atomic E-state index is 12.2. The van der Waals surface area contributed by atoms with Crippen LogP contribution in [0.5, 0.6) is 0 Å². The summed E-state index contributed by atoms with van der Waals surface area (Å²) in [5.74, 6) is 0.242. The number of nitrogens with one attached hydrogen (secondary N) is 1. The summed E-state index contributed by atoms with van der Waals surface area (Å²) in [4.78, 5) is 25.9. The fraction of sp³-hybridized carbons (Fsp3) is 0.267. The molecule has 1 saturated heterocycles. The van der Waals surface area contributed by atoms with Crippen LogP contribution in [0.1, 0.15) is 23.1 Å². The number of hydrogen-bond acceptors (Lipinski definition) is 4. The first-order chi connectivity index (χ1) is 10.1. The zero-order valence-electron chi connectivity index (χ0n) is 11.6. The van der Waals surface area contributed by atoms with E-state index in [9.17, 15) is 9.59 Å². The maximum Gasteiger partial charge on any atom is 0.247 e. The highest BCUT2D eigenvalue weighted by Gasteiger charge is 2.36. The summed E-state index contributed by atoms with van der Waals surface area (Å²) in [5, 5.41) is 6.44. The van der Waals surface area contributed by atoms with Gasteiger partial charge in [-0.25, -0.2) is 0 Å². The van der Waals surface area contributed by atoms with Gasteiger partial charge in [-0.05, 0) is 12.5 Å². The Morgan fingerprint density at radius 3 is 2.76 bits per heavy atom. The number of nitrogens with zero attached hydrogens (tertiary/aromatic N) is 2. The van der Waals surface area contributed by atoms with Gasteiger partial charge in [-0.2, -0.15) is 0 Å². The van der Waals surface area contributed by atoms with E-state index in [0.717, 1.165) is 11.3 Å². The van der Waals surface area contributed by atoms with E-state index in [2.05, 4.69) is 10.5 Å². The topological polar surface area (TPSA) is 75.4 Å². The quantitative estimate of drug-likeness (QED) is 0.919. The molecule has 0 spiro atoms. The van der Waals surface area contributed by atoms with Crippen molar-refractivity contribution in [3.8, 4) is 0 Å². The Labute approximate surface area is 121 Å². The van der Waals surface area contributed by atoms with Gasteiger partial charge in [0.2, 0.25) is 11.8 Å². The molecular formula is C15H15N3O3. The largest absolute Gasteiger partial charge is 0.359 e. The van der Waals surface area contributed by atoms with Gasteiger partial charge in [-0.15, -0.1) is 0 Å². The van der Waals surface area contributed by atoms with Crippen LogP contribution in [0.15, 0.2) is 40.9 Å². The molecule has 1 aromatic heterocycles. The SMILES string of the molecule is Cc1cc(CN2C(=O)CNC(=O)C2c2ccccc2)on1. The van der Waals surface area contributed by atoms with Gasteiger partial charge < -0.3 is 14.7 Å². The number of aryl methyl sites for hydroxylation is 1. The van der Waals surface area contributed by atoms with Crippen molar-refractivity contribution in [2.75, 3.05) is 6.54 Å². The number of benzene rings is 1. The molecule has 1 unspecified atom stereocenters. The normalized spacial score (nSPS) is 18.7. The molecule has 1 aliphatic rings. The molecule has 1 fully saturated rings. The Balaban J connectivity index is 1.92. The lowest BCUT2D eigenvalue weighted by molar-refractivity contribution is -0.146. The standard InChI is InChI=1S/C15H15N3O3/c1-10-7-12(21-17-10)9-18-13(19)8-16-15(20)14(18)11-5-3-2-4-6-11/h2-7,14H,8-9H2,1H3,(H,16,20). The molecular weight excluding hydrogens is 270 g/mol. The third-order valence-electron chi connectivity index (χ3n) is 3.41. The van der Waals surface area contributed by atoms with Crippen LogP contribution < -0.4 is 5.32 Å². The maximum atomic E-state index is 12.2. The van der Waals surface area contributed by atoms with Crippen molar-refractivity contribution in [3.05, 3.63) is 53.4 Å². The van der Waals surface area contributed by atoms with Crippen molar-refractivity contribution in [1.29, 1.82) is 0 Å². The van der Waals surface area contributed by atoms with Gasteiger partial charge in [0.1, 0.15) is 6.04 Å². The van der Waals surface area contributed by atoms with Crippen LogP contribution in [0.4, 0.5) is 0 Å². The van der Waals surface area contributed by atoms with Crippen LogP contribution in [0, 0.1) is 6.92 Å². The van der Waals surface area contributed by atoms with Crippen molar-refractivity contribution in [1.82, 2.24) is 15.4 Å². The molecule has 6 nitrogen and oxygen atoms in total. The fourth-order valence-corrected chi connectivity index (χ4v) is 2.45. The van der Waals surface area contributed by atoms with E-state index in [0.29, 0.717) is 5.76 Å². The Hall–Kier alpha value is -2.63. The number of carbonyl (C=O) groups is 2. The van der Waals surface area contributed by atoms with Crippen LogP contribution in [0.2, 0.25) is 0 Å². The van der Waals surface area contributed by atoms with E-state index in [1.54, 1.807) is 6.07 Å². The number of piperazine rings is 1. The second-order valence-electron chi connectivity index (χ2n) is 4.99. The summed E-state index contributed by atoms with van der Waals surface area (Å²) in [6.45, 7) is 2.05. The van der Waals surface area contributed by atoms with E-state index >= 15 is 0 Å². The Morgan fingerprint density at radius 1 is 1.33 bits per heavy atom. The molecule has 21 heavy (non-hydrogen) atoms. The summed E-state index contributed by atoms with van der Waals surface area (Å²) in [5.41, 5.74) is 1.52. The fourth-order valence-electron chi connectivity index (χ4n) is 2.45. The minimum Gasteiger partial charge on any atom is -0.359 e. The molecule has 108 valence electrons. The monoisotopic (exact) mass is 285 g/mol. The number of hydrogen-bond donors (Lipinski definition) is 1. The van der Waals surface area contributed by atoms with Crippen LogP contribution in [-0.2, 0) is 16.1 Å². The number of aromatic nitrogens is 1. The summed E-state index contributed by atoms with van der Waals surface area (Å²) in [6, 6.07) is 10.4. The molecule has 1 aromatic carbocycles. The van der Waals surface area contributed by atoms with Crippen molar-refractivity contribution in [3.63, 3.8) is 0 Å². The first kappa shape index (κ1) is 13.4. The van der Waals surface area contributed by atoms with E-state index in [1.165, 1.54) is 4.90 Å². The van der Waals surface area contributed by atoms with Crippen LogP contribution in [0.25, 0.3) is 0 Å². The van der Waals surface area contributed by atoms with Gasteiger partial charge in [0, 0.05) is 6.07 Å². The van der Waals surface area contributed by atoms with E-state index in [-0.39, 0.29) is 24.9 Å². The molecule has 2 aromatic rings. The van der Waals surface area contributed by atoms with Crippen LogP contribution >= 0.6 is 0 Å². The van der Waals surface area contributed by atoms with Gasteiger partial charge in [-0.1, -0.05) is 35.5 Å². The zero-order valence-corrected chi connectivity index (χ0v) is 11.6. The molecule has 1 aliphatic heterocycles. The van der Waals surface area contributed by atoms with Crippen molar-refractivity contribution in [2.24, 2.45) is 0 Å². The minimum absolute atomic E-state index is 0.00921. The lowest BCUT2D eigenvalue weighted by Gasteiger charge is -2.34. The smallest absolute Gasteiger partial charge is 0.247 e. The second kappa shape index (κ2) is 5.40. The highest BCUT2D eigenvalue weighted by Crippen LogP contribution is 2.25. The Bertz CT molecular complexity index is 666. The Morgan fingerprint density at radius 2 is 2.10 bits per heavy atom. The average Bonchev–Trinajstić information content (AvgIpc) is 2.89. The summed E-state index contributed by atoms with van der Waals surface area (Å²) in [6.07, 6.45) is 0. The van der Waals surface area contributed by atoms with E-state index < -0.39 is 6.04 Å². The number of amides is 2. The number of carbonyl (C=O) groups excluding carboxylic acids is 2. The molecule has 1 N–H and O–H groups in total. The molecule has 2 amide bonds. The van der Waals surface area contributed by atoms with Gasteiger partial charge in [0.15, 0.2) is 5.76 Å². The molecule has 0 aliphatic carbocycles. The molecule has 1 atom stereocenters. The zero-order chi connectivity index (χ0) is 14.8. The van der Waals surface area contributed by atoms with Gasteiger partial charge in [0.05, 0.1) is 18.8 Å². The highest BCUT2D eigenvalue weighted by atomic mass is 16.5. The predicted molar refractivity (Wildman–Crippen MR) is 74.0 cm³/mol. The third kappa shape index (κ3) is 2.65. The van der Waals surface area contributed by atoms with Gasteiger partial charge >= 0.3 is 0 Å². The van der Waals surface area contributed by atoms with Crippen LogP contribution in [-0.4, -0.2) is 28.4 Å². The number of rotatable bonds is 3. The first-order valence-electron chi connectivity index (χ1n) is 6.69. The van der Waals surface area contributed by atoms with E-state index in [1.807, 2.05) is 37.3 Å². The van der Waals surface area contributed by atoms with Crippen LogP contribution in [0.3, 0.4) is 0 Å². The third-order valence-corrected chi connectivity index (χ3v) is 3.41. The molecule has 6 heteroatoms. The average molecular weight is 285 g/mol. The molecule has 3 rings (SSSR count). The van der Waals surface area contributed by atoms with Gasteiger partial charge in [-0.3, -0.25) is 9.59 Å². The predicted octanol–water partition coefficient (Wildman–Crippen LogP) is 1.18. The first-order valence-corrected chi connectivity index (χ1v) is 6.69. The lowest BCUT2D eigenvalue weighted by Crippen LogP contribution is -2.53. The second-order valence-corrected chi connectivity index (χ2v) is 4.99. The Kier molecular flexibility index (Phi) is 3.43. The van der Waals surface area contributed by atoms with Crippen molar-refractivity contribution < 1.29 is 14.1 Å². The molecule has 0 saturated carbocycles. The van der Waals surface area contributed by atoms with Crippen molar-refractivity contribution >= 4 is 11.8 Å². The molecule has 0 radical (unpaired) electrons. The summed E-state index contributed by atoms with van der Waals surface area (Å²) >= 11 is 0. The summed E-state index contributed by atoms with van der Waals surface area (Å²) < 4.78 is 5.16. The van der Waals surface area contributed by atoms with Gasteiger partial charge in [0.25, 0.3) is 0 Å². The molecule has 2 heterocycles. The molecule has 0 bridgehead atoms. The summed E-state index contributed by atoms with van der Waals surface area (Å²) in [7, 11) is 0. The highest BCUT2D eigenvalue weighted by molar-refractivity contribution is 5.95. The van der Waals surface area contributed by atoms with Crippen molar-refractivity contribution in [2.45, 2.75) is 19.5 Å².